The van der Waals surface area contributed by atoms with E-state index >= 15 is 0 Å². The number of para-hydroxylation sites is 1. The van der Waals surface area contributed by atoms with Crippen LogP contribution in [0.15, 0.2) is 30.5 Å². The van der Waals surface area contributed by atoms with Crippen LogP contribution in [-0.2, 0) is 11.2 Å². The van der Waals surface area contributed by atoms with Gasteiger partial charge >= 0.3 is 0 Å². The van der Waals surface area contributed by atoms with E-state index in [0.717, 1.165) is 28.8 Å². The number of aromatic amines is 1. The maximum atomic E-state index is 12.7. The van der Waals surface area contributed by atoms with E-state index in [1.54, 1.807) is 0 Å². The van der Waals surface area contributed by atoms with Gasteiger partial charge in [-0.05, 0) is 80.2 Å². The van der Waals surface area contributed by atoms with Crippen LogP contribution < -0.4 is 5.32 Å². The van der Waals surface area contributed by atoms with E-state index in [4.69, 9.17) is 0 Å². The lowest BCUT2D eigenvalue weighted by atomic mass is 9.48. The molecule has 0 spiro atoms. The van der Waals surface area contributed by atoms with Gasteiger partial charge in [-0.3, -0.25) is 4.79 Å². The number of carbonyl (C=O) groups excluding carboxylic acids is 1. The summed E-state index contributed by atoms with van der Waals surface area (Å²) in [6.07, 6.45) is 10.8. The lowest BCUT2D eigenvalue weighted by Crippen LogP contribution is -2.56. The maximum Gasteiger partial charge on any atom is 0.224 e. The third-order valence-electron chi connectivity index (χ3n) is 7.41. The molecule has 6 rings (SSSR count). The molecule has 2 N–H and O–H groups in total. The predicted octanol–water partition coefficient (Wildman–Crippen LogP) is 4.43. The van der Waals surface area contributed by atoms with Crippen LogP contribution in [0.2, 0.25) is 0 Å². The van der Waals surface area contributed by atoms with Crippen molar-refractivity contribution in [2.75, 3.05) is 0 Å². The average molecular weight is 336 g/mol. The van der Waals surface area contributed by atoms with Gasteiger partial charge in [0.1, 0.15) is 0 Å². The molecular formula is C22H28N2O. The Morgan fingerprint density at radius 1 is 1.16 bits per heavy atom. The molecule has 0 radical (unpaired) electrons. The molecule has 4 saturated carbocycles. The average Bonchev–Trinajstić information content (AvgIpc) is 2.96. The van der Waals surface area contributed by atoms with Crippen molar-refractivity contribution in [2.24, 2.45) is 23.2 Å². The van der Waals surface area contributed by atoms with E-state index < -0.39 is 0 Å². The number of hydrogen-bond acceptors (Lipinski definition) is 1. The number of rotatable bonds is 4. The molecule has 0 aliphatic heterocycles. The molecule has 3 heteroatoms. The Morgan fingerprint density at radius 3 is 2.48 bits per heavy atom. The van der Waals surface area contributed by atoms with Crippen molar-refractivity contribution in [1.29, 1.82) is 0 Å². The minimum Gasteiger partial charge on any atom is -0.361 e. The molecule has 1 heterocycles. The molecule has 1 atom stereocenters. The molecule has 0 saturated heterocycles. The minimum atomic E-state index is 0.174. The Hall–Kier alpha value is -1.77. The lowest BCUT2D eigenvalue weighted by Gasteiger charge is -2.59. The van der Waals surface area contributed by atoms with Crippen molar-refractivity contribution in [3.63, 3.8) is 0 Å². The fraction of sp³-hybridized carbons (Fsp3) is 0.591. The fourth-order valence-electron chi connectivity index (χ4n) is 6.60. The summed E-state index contributed by atoms with van der Waals surface area (Å²) in [4.78, 5) is 16.0. The molecule has 132 valence electrons. The number of amides is 1. The third kappa shape index (κ3) is 2.59. The van der Waals surface area contributed by atoms with Crippen LogP contribution in [0.5, 0.6) is 0 Å². The van der Waals surface area contributed by atoms with Crippen LogP contribution in [0.1, 0.15) is 51.0 Å². The number of fused-ring (bicyclic) bond motifs is 1. The van der Waals surface area contributed by atoms with Gasteiger partial charge in [0.15, 0.2) is 0 Å². The Balaban J connectivity index is 1.29. The molecule has 1 amide bonds. The van der Waals surface area contributed by atoms with Gasteiger partial charge in [-0.2, -0.15) is 0 Å². The summed E-state index contributed by atoms with van der Waals surface area (Å²) < 4.78 is 0. The fourth-order valence-corrected chi connectivity index (χ4v) is 6.60. The van der Waals surface area contributed by atoms with Gasteiger partial charge in [0.25, 0.3) is 0 Å². The summed E-state index contributed by atoms with van der Waals surface area (Å²) in [5, 5.41) is 4.55. The second-order valence-corrected chi connectivity index (χ2v) is 9.11. The molecule has 0 unspecified atom stereocenters. The van der Waals surface area contributed by atoms with Crippen molar-refractivity contribution in [3.8, 4) is 0 Å². The quantitative estimate of drug-likeness (QED) is 0.852. The van der Waals surface area contributed by atoms with Gasteiger partial charge in [0, 0.05) is 23.1 Å². The third-order valence-corrected chi connectivity index (χ3v) is 7.41. The van der Waals surface area contributed by atoms with Crippen molar-refractivity contribution in [1.82, 2.24) is 10.3 Å². The molecule has 2 aromatic rings. The SMILES string of the molecule is C[C@H](NC(=O)Cc1c[nH]c2ccccc12)C12CC3CC(CC(C3)C1)C2. The summed E-state index contributed by atoms with van der Waals surface area (Å²) in [6, 6.07) is 8.53. The molecule has 4 fully saturated rings. The van der Waals surface area contributed by atoms with E-state index in [9.17, 15) is 4.79 Å². The zero-order valence-electron chi connectivity index (χ0n) is 15.1. The first kappa shape index (κ1) is 15.5. The number of carbonyl (C=O) groups is 1. The van der Waals surface area contributed by atoms with E-state index in [1.807, 2.05) is 18.3 Å². The van der Waals surface area contributed by atoms with Crippen LogP contribution in [0, 0.1) is 23.2 Å². The van der Waals surface area contributed by atoms with Gasteiger partial charge in [-0.15, -0.1) is 0 Å². The first-order chi connectivity index (χ1) is 12.1. The van der Waals surface area contributed by atoms with Crippen molar-refractivity contribution < 1.29 is 4.79 Å². The number of hydrogen-bond donors (Lipinski definition) is 2. The molecule has 4 aliphatic carbocycles. The first-order valence-electron chi connectivity index (χ1n) is 9.96. The number of nitrogens with one attached hydrogen (secondary N) is 2. The normalized spacial score (nSPS) is 34.4. The number of H-pyrrole nitrogens is 1. The summed E-state index contributed by atoms with van der Waals surface area (Å²) >= 11 is 0. The summed E-state index contributed by atoms with van der Waals surface area (Å²) in [5.41, 5.74) is 2.59. The molecule has 4 bridgehead atoms. The van der Waals surface area contributed by atoms with Crippen molar-refractivity contribution in [3.05, 3.63) is 36.0 Å². The van der Waals surface area contributed by atoms with Crippen LogP contribution in [0.25, 0.3) is 10.9 Å². The summed E-state index contributed by atoms with van der Waals surface area (Å²) in [6.45, 7) is 2.26. The molecule has 3 nitrogen and oxygen atoms in total. The van der Waals surface area contributed by atoms with Gasteiger partial charge in [-0.25, -0.2) is 0 Å². The Morgan fingerprint density at radius 2 is 1.80 bits per heavy atom. The monoisotopic (exact) mass is 336 g/mol. The van der Waals surface area contributed by atoms with E-state index in [2.05, 4.69) is 29.4 Å². The van der Waals surface area contributed by atoms with Gasteiger partial charge in [0.2, 0.25) is 5.91 Å². The molecule has 25 heavy (non-hydrogen) atoms. The van der Waals surface area contributed by atoms with Crippen LogP contribution in [0.4, 0.5) is 0 Å². The van der Waals surface area contributed by atoms with Crippen LogP contribution >= 0.6 is 0 Å². The summed E-state index contributed by atoms with van der Waals surface area (Å²) in [7, 11) is 0. The Bertz CT molecular complexity index is 770. The van der Waals surface area contributed by atoms with E-state index in [1.165, 1.54) is 43.9 Å². The molecule has 1 aromatic heterocycles. The standard InChI is InChI=1S/C22H28N2O/c1-14(22-10-15-6-16(11-22)8-17(7-15)12-22)24-21(25)9-18-13-23-20-5-3-2-4-19(18)20/h2-5,13-17,23H,6-12H2,1H3,(H,24,25)/t14-,15?,16?,17?,22?/m0/s1. The highest BCUT2D eigenvalue weighted by atomic mass is 16.1. The largest absolute Gasteiger partial charge is 0.361 e. The number of benzene rings is 1. The van der Waals surface area contributed by atoms with Gasteiger partial charge in [-0.1, -0.05) is 18.2 Å². The smallest absolute Gasteiger partial charge is 0.224 e. The van der Waals surface area contributed by atoms with Crippen LogP contribution in [0.3, 0.4) is 0 Å². The second kappa shape index (κ2) is 5.62. The van der Waals surface area contributed by atoms with Crippen molar-refractivity contribution >= 4 is 16.8 Å². The summed E-state index contributed by atoms with van der Waals surface area (Å²) in [5.74, 6) is 2.96. The molecule has 1 aromatic carbocycles. The van der Waals surface area contributed by atoms with Crippen LogP contribution in [-0.4, -0.2) is 16.9 Å². The predicted molar refractivity (Wildman–Crippen MR) is 100 cm³/mol. The van der Waals surface area contributed by atoms with Gasteiger partial charge in [0.05, 0.1) is 6.42 Å². The minimum absolute atomic E-state index is 0.174. The van der Waals surface area contributed by atoms with Gasteiger partial charge < -0.3 is 10.3 Å². The topological polar surface area (TPSA) is 44.9 Å². The Kier molecular flexibility index (Phi) is 3.48. The molecule has 4 aliphatic rings. The Labute approximate surface area is 149 Å². The van der Waals surface area contributed by atoms with E-state index in [-0.39, 0.29) is 5.91 Å². The lowest BCUT2D eigenvalue weighted by molar-refractivity contribution is -0.125. The zero-order valence-corrected chi connectivity index (χ0v) is 15.1. The van der Waals surface area contributed by atoms with Crippen molar-refractivity contribution in [2.45, 2.75) is 57.9 Å². The highest BCUT2D eigenvalue weighted by Gasteiger charge is 2.53. The highest BCUT2D eigenvalue weighted by Crippen LogP contribution is 2.61. The zero-order chi connectivity index (χ0) is 17.0. The second-order valence-electron chi connectivity index (χ2n) is 9.11. The maximum absolute atomic E-state index is 12.7. The molecular weight excluding hydrogens is 308 g/mol. The first-order valence-corrected chi connectivity index (χ1v) is 9.96. The van der Waals surface area contributed by atoms with E-state index in [0.29, 0.717) is 17.9 Å². The highest BCUT2D eigenvalue weighted by molar-refractivity contribution is 5.88. The number of aromatic nitrogens is 1.